The fourth-order valence-electron chi connectivity index (χ4n) is 3.88. The summed E-state index contributed by atoms with van der Waals surface area (Å²) in [5, 5.41) is 3.57. The average molecular weight is 332 g/mol. The van der Waals surface area contributed by atoms with E-state index in [1.807, 2.05) is 55.7 Å². The van der Waals surface area contributed by atoms with E-state index in [4.69, 9.17) is 0 Å². The minimum absolute atomic E-state index is 0.199. The lowest BCUT2D eigenvalue weighted by Crippen LogP contribution is -2.24. The zero-order valence-corrected chi connectivity index (χ0v) is 14.6. The summed E-state index contributed by atoms with van der Waals surface area (Å²) in [6.07, 6.45) is 2.60. The van der Waals surface area contributed by atoms with Crippen molar-refractivity contribution in [3.05, 3.63) is 74.6 Å². The number of hydrogen-bond donors (Lipinski definition) is 1. The van der Waals surface area contributed by atoms with Gasteiger partial charge in [-0.3, -0.25) is 9.59 Å². The highest BCUT2D eigenvalue weighted by Gasteiger charge is 2.21. The number of carbonyl (C=O) groups excluding carboxylic acids is 1. The highest BCUT2D eigenvalue weighted by atomic mass is 16.2. The van der Waals surface area contributed by atoms with Gasteiger partial charge in [-0.2, -0.15) is 0 Å². The maximum absolute atomic E-state index is 12.8. The number of aryl methyl sites for hydroxylation is 5. The van der Waals surface area contributed by atoms with Crippen LogP contribution in [0.25, 0.3) is 10.9 Å². The lowest BCUT2D eigenvalue weighted by atomic mass is 10.0. The minimum atomic E-state index is -0.344. The second kappa shape index (κ2) is 5.59. The molecule has 0 unspecified atom stereocenters. The molecular weight excluding hydrogens is 312 g/mol. The van der Waals surface area contributed by atoms with Crippen molar-refractivity contribution in [1.29, 1.82) is 0 Å². The summed E-state index contributed by atoms with van der Waals surface area (Å²) in [7, 11) is 0. The lowest BCUT2D eigenvalue weighted by Gasteiger charge is -2.14. The van der Waals surface area contributed by atoms with Crippen LogP contribution in [-0.4, -0.2) is 10.5 Å². The first-order valence-electron chi connectivity index (χ1n) is 8.50. The maximum atomic E-state index is 12.8. The van der Waals surface area contributed by atoms with E-state index in [1.165, 1.54) is 5.56 Å². The minimum Gasteiger partial charge on any atom is -0.346 e. The number of nitrogens with zero attached hydrogens (tertiary/aromatic N) is 1. The normalized spacial score (nSPS) is 12.6. The van der Waals surface area contributed by atoms with Gasteiger partial charge >= 0.3 is 0 Å². The van der Waals surface area contributed by atoms with Gasteiger partial charge in [0.1, 0.15) is 5.56 Å². The van der Waals surface area contributed by atoms with Crippen molar-refractivity contribution in [3.8, 4) is 0 Å². The fraction of sp³-hybridized carbons (Fsp3) is 0.238. The molecule has 0 saturated carbocycles. The number of benzene rings is 2. The number of carbonyl (C=O) groups is 1. The molecular formula is C21H20N2O2. The summed E-state index contributed by atoms with van der Waals surface area (Å²) < 4.78 is 2.02. The summed E-state index contributed by atoms with van der Waals surface area (Å²) in [4.78, 5) is 25.7. The first-order chi connectivity index (χ1) is 12.0. The molecule has 0 atom stereocenters. The Morgan fingerprint density at radius 3 is 2.56 bits per heavy atom. The number of hydrogen-bond acceptors (Lipinski definition) is 2. The third kappa shape index (κ3) is 2.45. The molecule has 2 aromatic carbocycles. The Kier molecular flexibility index (Phi) is 3.49. The first-order valence-corrected chi connectivity index (χ1v) is 8.50. The van der Waals surface area contributed by atoms with Gasteiger partial charge in [0.25, 0.3) is 5.91 Å². The molecule has 4 nitrogen and oxygen atoms in total. The maximum Gasteiger partial charge on any atom is 0.261 e. The van der Waals surface area contributed by atoms with Crippen LogP contribution in [0.1, 0.15) is 32.6 Å². The van der Waals surface area contributed by atoms with Crippen LogP contribution in [0.2, 0.25) is 0 Å². The van der Waals surface area contributed by atoms with E-state index in [0.717, 1.165) is 40.9 Å². The van der Waals surface area contributed by atoms with Crippen molar-refractivity contribution in [3.63, 3.8) is 0 Å². The Balaban J connectivity index is 1.81. The highest BCUT2D eigenvalue weighted by molar-refractivity contribution is 6.06. The predicted molar refractivity (Wildman–Crippen MR) is 101 cm³/mol. The van der Waals surface area contributed by atoms with Gasteiger partial charge in [-0.05, 0) is 49.9 Å². The SMILES string of the molecule is Cc1cc(C)c(NC(=O)c2cn3c4c(cccc4c2=O)CC3)c(C)c1. The van der Waals surface area contributed by atoms with Crippen LogP contribution in [0, 0.1) is 20.8 Å². The quantitative estimate of drug-likeness (QED) is 0.777. The predicted octanol–water partition coefficient (Wildman–Crippen LogP) is 3.74. The third-order valence-corrected chi connectivity index (χ3v) is 4.96. The van der Waals surface area contributed by atoms with E-state index in [2.05, 4.69) is 5.32 Å². The topological polar surface area (TPSA) is 51.1 Å². The van der Waals surface area contributed by atoms with E-state index in [9.17, 15) is 9.59 Å². The molecule has 1 aliphatic heterocycles. The van der Waals surface area contributed by atoms with Gasteiger partial charge in [-0.25, -0.2) is 0 Å². The van der Waals surface area contributed by atoms with Gasteiger partial charge < -0.3 is 9.88 Å². The van der Waals surface area contributed by atoms with Crippen molar-refractivity contribution in [2.75, 3.05) is 5.32 Å². The van der Waals surface area contributed by atoms with Crippen molar-refractivity contribution >= 4 is 22.5 Å². The lowest BCUT2D eigenvalue weighted by molar-refractivity contribution is 0.102. The third-order valence-electron chi connectivity index (χ3n) is 4.96. The van der Waals surface area contributed by atoms with Gasteiger partial charge in [0.15, 0.2) is 0 Å². The molecule has 0 spiro atoms. The number of rotatable bonds is 2. The molecule has 0 saturated heterocycles. The largest absolute Gasteiger partial charge is 0.346 e. The van der Waals surface area contributed by atoms with Crippen molar-refractivity contribution in [1.82, 2.24) is 4.57 Å². The highest BCUT2D eigenvalue weighted by Crippen LogP contribution is 2.25. The Morgan fingerprint density at radius 1 is 1.12 bits per heavy atom. The first kappa shape index (κ1) is 15.6. The van der Waals surface area contributed by atoms with Gasteiger partial charge in [-0.1, -0.05) is 29.8 Å². The van der Waals surface area contributed by atoms with Crippen LogP contribution in [0.5, 0.6) is 0 Å². The molecule has 25 heavy (non-hydrogen) atoms. The van der Waals surface area contributed by atoms with Crippen LogP contribution >= 0.6 is 0 Å². The zero-order valence-electron chi connectivity index (χ0n) is 14.6. The number of para-hydroxylation sites is 1. The number of amides is 1. The molecule has 1 aromatic heterocycles. The number of anilines is 1. The number of aromatic nitrogens is 1. The van der Waals surface area contributed by atoms with Crippen LogP contribution in [-0.2, 0) is 13.0 Å². The summed E-state index contributed by atoms with van der Waals surface area (Å²) in [5.41, 5.74) is 6.07. The molecule has 126 valence electrons. The Labute approximate surface area is 146 Å². The summed E-state index contributed by atoms with van der Waals surface area (Å²) >= 11 is 0. The van der Waals surface area contributed by atoms with Gasteiger partial charge in [0, 0.05) is 23.8 Å². The molecule has 1 aliphatic rings. The molecule has 0 bridgehead atoms. The molecule has 2 heterocycles. The van der Waals surface area contributed by atoms with Gasteiger partial charge in [-0.15, -0.1) is 0 Å². The molecule has 1 N–H and O–H groups in total. The summed E-state index contributed by atoms with van der Waals surface area (Å²) in [6, 6.07) is 9.81. The molecule has 4 heteroatoms. The summed E-state index contributed by atoms with van der Waals surface area (Å²) in [6.45, 7) is 6.77. The number of nitrogens with one attached hydrogen (secondary N) is 1. The monoisotopic (exact) mass is 332 g/mol. The van der Waals surface area contributed by atoms with Crippen molar-refractivity contribution < 1.29 is 4.79 Å². The second-order valence-electron chi connectivity index (χ2n) is 6.86. The second-order valence-corrected chi connectivity index (χ2v) is 6.86. The number of pyridine rings is 1. The van der Waals surface area contributed by atoms with E-state index in [1.54, 1.807) is 6.20 Å². The standard InChI is InChI=1S/C21H20N2O2/c1-12-9-13(2)18(14(3)10-12)22-21(25)17-11-23-8-7-15-5-4-6-16(19(15)23)20(17)24/h4-6,9-11H,7-8H2,1-3H3,(H,22,25). The van der Waals surface area contributed by atoms with Crippen LogP contribution in [0.4, 0.5) is 5.69 Å². The molecule has 3 aromatic rings. The van der Waals surface area contributed by atoms with Crippen LogP contribution < -0.4 is 10.7 Å². The van der Waals surface area contributed by atoms with E-state index in [0.29, 0.717) is 5.39 Å². The van der Waals surface area contributed by atoms with Gasteiger partial charge in [0.2, 0.25) is 5.43 Å². The molecule has 4 rings (SSSR count). The van der Waals surface area contributed by atoms with Gasteiger partial charge in [0.05, 0.1) is 5.52 Å². The Hall–Kier alpha value is -2.88. The van der Waals surface area contributed by atoms with E-state index < -0.39 is 0 Å². The van der Waals surface area contributed by atoms with Crippen LogP contribution in [0.15, 0.2) is 41.3 Å². The molecule has 0 radical (unpaired) electrons. The fourth-order valence-corrected chi connectivity index (χ4v) is 3.88. The van der Waals surface area contributed by atoms with E-state index >= 15 is 0 Å². The average Bonchev–Trinajstić information content (AvgIpc) is 2.98. The molecule has 0 fully saturated rings. The Bertz CT molecular complexity index is 1070. The van der Waals surface area contributed by atoms with Crippen molar-refractivity contribution in [2.45, 2.75) is 33.7 Å². The zero-order chi connectivity index (χ0) is 17.7. The molecule has 0 aliphatic carbocycles. The Morgan fingerprint density at radius 2 is 1.84 bits per heavy atom. The smallest absolute Gasteiger partial charge is 0.261 e. The van der Waals surface area contributed by atoms with E-state index in [-0.39, 0.29) is 16.9 Å². The summed E-state index contributed by atoms with van der Waals surface area (Å²) in [5.74, 6) is -0.344. The molecule has 1 amide bonds. The van der Waals surface area contributed by atoms with Crippen molar-refractivity contribution in [2.24, 2.45) is 0 Å². The van der Waals surface area contributed by atoms with Crippen LogP contribution in [0.3, 0.4) is 0 Å².